The van der Waals surface area contributed by atoms with Gasteiger partial charge in [-0.1, -0.05) is 84.0 Å². The van der Waals surface area contributed by atoms with Crippen molar-refractivity contribution in [2.45, 2.75) is 97.3 Å². The summed E-state index contributed by atoms with van der Waals surface area (Å²) in [6.45, 7) is 3.64. The van der Waals surface area contributed by atoms with E-state index >= 15 is 0 Å². The molecule has 23 heavy (non-hydrogen) atoms. The summed E-state index contributed by atoms with van der Waals surface area (Å²) in [5.74, 6) is -1.13. The van der Waals surface area contributed by atoms with Crippen molar-refractivity contribution in [2.75, 3.05) is 5.75 Å². The molecule has 0 heterocycles. The second-order valence-corrected chi connectivity index (χ2v) is 8.23. The predicted molar refractivity (Wildman–Crippen MR) is 96.3 cm³/mol. The van der Waals surface area contributed by atoms with Crippen molar-refractivity contribution in [2.24, 2.45) is 5.92 Å². The van der Waals surface area contributed by atoms with Gasteiger partial charge in [0, 0.05) is 5.92 Å². The monoisotopic (exact) mass is 348 g/mol. The Labute approximate surface area is 143 Å². The maximum Gasteiger partial charge on any atom is 0.265 e. The van der Waals surface area contributed by atoms with Crippen LogP contribution in [0, 0.1) is 5.92 Å². The van der Waals surface area contributed by atoms with Crippen molar-refractivity contribution in [1.29, 1.82) is 0 Å². The molecule has 0 aromatic rings. The number of hydrogen-bond acceptors (Lipinski definition) is 3. The number of carbonyl (C=O) groups is 1. The van der Waals surface area contributed by atoms with Gasteiger partial charge in [-0.15, -0.1) is 0 Å². The molecule has 0 saturated carbocycles. The minimum absolute atomic E-state index is 0.148. The SMILES string of the molecule is CCCCCCCCCCCCCCC(CS(=O)(=O)O)C(C)=O. The fourth-order valence-corrected chi connectivity index (χ4v) is 3.80. The predicted octanol–water partition coefficient (Wildman–Crippen LogP) is 5.17. The third-order valence-electron chi connectivity index (χ3n) is 4.39. The molecule has 0 bridgehead atoms. The molecule has 0 rings (SSSR count). The number of unbranched alkanes of at least 4 members (excludes halogenated alkanes) is 11. The first-order chi connectivity index (χ1) is 10.9. The van der Waals surface area contributed by atoms with Gasteiger partial charge in [0.1, 0.15) is 5.78 Å². The fourth-order valence-electron chi connectivity index (χ4n) is 2.89. The summed E-state index contributed by atoms with van der Waals surface area (Å²) < 4.78 is 30.6. The molecule has 1 atom stereocenters. The minimum atomic E-state index is -4.06. The molecule has 4 nitrogen and oxygen atoms in total. The van der Waals surface area contributed by atoms with Crippen molar-refractivity contribution in [3.05, 3.63) is 0 Å². The standard InChI is InChI=1S/C18H36O4S/c1-3-4-5-6-7-8-9-10-11-12-13-14-15-18(17(2)19)16-23(20,21)22/h18H,3-16H2,1-2H3,(H,20,21,22). The lowest BCUT2D eigenvalue weighted by Gasteiger charge is -2.11. The Morgan fingerprint density at radius 2 is 1.22 bits per heavy atom. The van der Waals surface area contributed by atoms with E-state index in [2.05, 4.69) is 6.92 Å². The summed E-state index contributed by atoms with van der Waals surface area (Å²) in [5.41, 5.74) is 0. The molecule has 0 aliphatic rings. The van der Waals surface area contributed by atoms with Gasteiger partial charge in [0.05, 0.1) is 5.75 Å². The van der Waals surface area contributed by atoms with Crippen molar-refractivity contribution in [3.63, 3.8) is 0 Å². The van der Waals surface area contributed by atoms with E-state index in [1.807, 2.05) is 0 Å². The zero-order valence-corrected chi connectivity index (χ0v) is 15.9. The van der Waals surface area contributed by atoms with Gasteiger partial charge in [-0.3, -0.25) is 9.35 Å². The molecule has 0 aliphatic carbocycles. The van der Waals surface area contributed by atoms with Gasteiger partial charge in [-0.05, 0) is 13.3 Å². The summed E-state index contributed by atoms with van der Waals surface area (Å²) in [5, 5.41) is 0. The number of carbonyl (C=O) groups excluding carboxylic acids is 1. The number of ketones is 1. The molecule has 1 N–H and O–H groups in total. The summed E-state index contributed by atoms with van der Waals surface area (Å²) in [4.78, 5) is 11.4. The molecule has 0 spiro atoms. The van der Waals surface area contributed by atoms with Gasteiger partial charge >= 0.3 is 0 Å². The molecule has 0 fully saturated rings. The highest BCUT2D eigenvalue weighted by Crippen LogP contribution is 2.16. The first-order valence-electron chi connectivity index (χ1n) is 9.32. The Hall–Kier alpha value is -0.420. The van der Waals surface area contributed by atoms with Gasteiger partial charge in [0.25, 0.3) is 10.1 Å². The minimum Gasteiger partial charge on any atom is -0.300 e. The van der Waals surface area contributed by atoms with Gasteiger partial charge in [-0.25, -0.2) is 0 Å². The largest absolute Gasteiger partial charge is 0.300 e. The van der Waals surface area contributed by atoms with Crippen molar-refractivity contribution in [3.8, 4) is 0 Å². The summed E-state index contributed by atoms with van der Waals surface area (Å²) in [6.07, 6.45) is 15.5. The van der Waals surface area contributed by atoms with Crippen LogP contribution in [0.25, 0.3) is 0 Å². The molecule has 1 unspecified atom stereocenters. The van der Waals surface area contributed by atoms with Crippen LogP contribution in [0.1, 0.15) is 97.3 Å². The van der Waals surface area contributed by atoms with Gasteiger partial charge in [0.15, 0.2) is 0 Å². The lowest BCUT2D eigenvalue weighted by molar-refractivity contribution is -0.120. The van der Waals surface area contributed by atoms with E-state index in [9.17, 15) is 13.2 Å². The average Bonchev–Trinajstić information content (AvgIpc) is 2.45. The van der Waals surface area contributed by atoms with Gasteiger partial charge in [0.2, 0.25) is 0 Å². The Bertz CT molecular complexity index is 390. The van der Waals surface area contributed by atoms with E-state index in [-0.39, 0.29) is 5.78 Å². The lowest BCUT2D eigenvalue weighted by Crippen LogP contribution is -2.21. The van der Waals surface area contributed by atoms with Crippen molar-refractivity contribution in [1.82, 2.24) is 0 Å². The van der Waals surface area contributed by atoms with E-state index in [1.165, 1.54) is 64.7 Å². The van der Waals surface area contributed by atoms with Crippen LogP contribution in [0.15, 0.2) is 0 Å². The van der Waals surface area contributed by atoms with Crippen LogP contribution in [0.3, 0.4) is 0 Å². The highest BCUT2D eigenvalue weighted by Gasteiger charge is 2.20. The van der Waals surface area contributed by atoms with Gasteiger partial charge < -0.3 is 0 Å². The first-order valence-corrected chi connectivity index (χ1v) is 10.9. The molecular weight excluding hydrogens is 312 g/mol. The Morgan fingerprint density at radius 3 is 1.57 bits per heavy atom. The highest BCUT2D eigenvalue weighted by molar-refractivity contribution is 7.85. The summed E-state index contributed by atoms with van der Waals surface area (Å²) in [7, 11) is -4.06. The zero-order chi connectivity index (χ0) is 17.6. The molecule has 0 saturated heterocycles. The Kier molecular flexibility index (Phi) is 13.7. The van der Waals surface area contributed by atoms with E-state index in [4.69, 9.17) is 4.55 Å². The number of Topliss-reactive ketones (excluding diaryl/α,β-unsaturated/α-hetero) is 1. The zero-order valence-electron chi connectivity index (χ0n) is 15.1. The summed E-state index contributed by atoms with van der Waals surface area (Å²) in [6, 6.07) is 0. The lowest BCUT2D eigenvalue weighted by atomic mass is 9.98. The van der Waals surface area contributed by atoms with E-state index < -0.39 is 21.8 Å². The van der Waals surface area contributed by atoms with Crippen LogP contribution < -0.4 is 0 Å². The molecule has 0 aromatic carbocycles. The van der Waals surface area contributed by atoms with Crippen molar-refractivity contribution < 1.29 is 17.8 Å². The molecule has 0 aliphatic heterocycles. The molecule has 5 heteroatoms. The highest BCUT2D eigenvalue weighted by atomic mass is 32.2. The van der Waals surface area contributed by atoms with Crippen LogP contribution in [-0.4, -0.2) is 24.5 Å². The molecule has 0 amide bonds. The van der Waals surface area contributed by atoms with Crippen LogP contribution in [0.2, 0.25) is 0 Å². The second kappa shape index (κ2) is 14.0. The third-order valence-corrected chi connectivity index (χ3v) is 5.22. The number of rotatable bonds is 16. The average molecular weight is 349 g/mol. The second-order valence-electron chi connectivity index (χ2n) is 6.73. The summed E-state index contributed by atoms with van der Waals surface area (Å²) >= 11 is 0. The van der Waals surface area contributed by atoms with E-state index in [0.717, 1.165) is 19.3 Å². The Morgan fingerprint density at radius 1 is 0.826 bits per heavy atom. The van der Waals surface area contributed by atoms with E-state index in [1.54, 1.807) is 0 Å². The van der Waals surface area contributed by atoms with E-state index in [0.29, 0.717) is 6.42 Å². The maximum atomic E-state index is 11.4. The van der Waals surface area contributed by atoms with Crippen molar-refractivity contribution >= 4 is 15.9 Å². The number of hydrogen-bond donors (Lipinski definition) is 1. The fraction of sp³-hybridized carbons (Fsp3) is 0.944. The Balaban J connectivity index is 3.48. The normalized spacial score (nSPS) is 13.2. The van der Waals surface area contributed by atoms with Crippen LogP contribution in [-0.2, 0) is 14.9 Å². The molecule has 0 aromatic heterocycles. The topological polar surface area (TPSA) is 71.4 Å². The quantitative estimate of drug-likeness (QED) is 0.308. The van der Waals surface area contributed by atoms with Crippen LogP contribution >= 0.6 is 0 Å². The molecular formula is C18H36O4S. The third kappa shape index (κ3) is 16.2. The molecule has 138 valence electrons. The maximum absolute atomic E-state index is 11.4. The van der Waals surface area contributed by atoms with Gasteiger partial charge in [-0.2, -0.15) is 8.42 Å². The first kappa shape index (κ1) is 22.6. The van der Waals surface area contributed by atoms with Crippen LogP contribution in [0.5, 0.6) is 0 Å². The smallest absolute Gasteiger partial charge is 0.265 e. The van der Waals surface area contributed by atoms with Crippen LogP contribution in [0.4, 0.5) is 0 Å². The molecule has 0 radical (unpaired) electrons.